The van der Waals surface area contributed by atoms with Crippen molar-refractivity contribution in [3.8, 4) is 5.88 Å². The number of ether oxygens (including phenoxy) is 2. The van der Waals surface area contributed by atoms with Crippen LogP contribution >= 0.6 is 0 Å². The number of carbonyl (C=O) groups excluding carboxylic acids is 1. The van der Waals surface area contributed by atoms with Gasteiger partial charge in [0.05, 0.1) is 6.61 Å². The third kappa shape index (κ3) is 2.85. The van der Waals surface area contributed by atoms with Crippen molar-refractivity contribution in [1.29, 1.82) is 0 Å². The van der Waals surface area contributed by atoms with Crippen molar-refractivity contribution in [3.63, 3.8) is 0 Å². The van der Waals surface area contributed by atoms with Gasteiger partial charge in [-0.2, -0.15) is 8.78 Å². The van der Waals surface area contributed by atoms with E-state index in [2.05, 4.69) is 14.7 Å². The molecule has 0 aromatic carbocycles. The second-order valence-corrected chi connectivity index (χ2v) is 2.75. The van der Waals surface area contributed by atoms with Gasteiger partial charge in [-0.25, -0.2) is 14.8 Å². The van der Waals surface area contributed by atoms with Crippen LogP contribution in [0, 0.1) is 6.92 Å². The zero-order valence-electron chi connectivity index (χ0n) is 8.74. The maximum Gasteiger partial charge on any atom is 0.388 e. The van der Waals surface area contributed by atoms with Crippen LogP contribution in [-0.2, 0) is 4.74 Å². The van der Waals surface area contributed by atoms with Crippen molar-refractivity contribution < 1.29 is 23.0 Å². The Morgan fingerprint density at radius 3 is 2.75 bits per heavy atom. The number of hydrogen-bond acceptors (Lipinski definition) is 5. The second kappa shape index (κ2) is 5.34. The molecule has 1 heterocycles. The Balaban J connectivity index is 2.99. The average molecular weight is 232 g/mol. The minimum atomic E-state index is -3.00. The zero-order chi connectivity index (χ0) is 12.1. The summed E-state index contributed by atoms with van der Waals surface area (Å²) in [4.78, 5) is 18.5. The molecule has 0 aliphatic rings. The predicted molar refractivity (Wildman–Crippen MR) is 49.4 cm³/mol. The Hall–Kier alpha value is -1.79. The molecule has 0 bridgehead atoms. The van der Waals surface area contributed by atoms with Gasteiger partial charge in [-0.1, -0.05) is 0 Å². The Labute approximate surface area is 90.4 Å². The van der Waals surface area contributed by atoms with Crippen molar-refractivity contribution in [2.45, 2.75) is 20.5 Å². The van der Waals surface area contributed by atoms with E-state index in [0.29, 0.717) is 0 Å². The second-order valence-electron chi connectivity index (χ2n) is 2.75. The molecule has 1 rings (SSSR count). The first kappa shape index (κ1) is 12.3. The largest absolute Gasteiger partial charge is 0.461 e. The fourth-order valence-corrected chi connectivity index (χ4v) is 1.04. The molecular weight excluding hydrogens is 222 g/mol. The molecule has 0 aliphatic heterocycles. The summed E-state index contributed by atoms with van der Waals surface area (Å²) < 4.78 is 32.8. The molecule has 16 heavy (non-hydrogen) atoms. The van der Waals surface area contributed by atoms with Crippen LogP contribution in [0.4, 0.5) is 8.78 Å². The van der Waals surface area contributed by atoms with Crippen molar-refractivity contribution in [2.24, 2.45) is 0 Å². The molecule has 7 heteroatoms. The third-order valence-corrected chi connectivity index (χ3v) is 1.71. The molecule has 0 saturated heterocycles. The van der Waals surface area contributed by atoms with Gasteiger partial charge in [-0.15, -0.1) is 0 Å². The smallest absolute Gasteiger partial charge is 0.388 e. The molecule has 0 unspecified atom stereocenters. The summed E-state index contributed by atoms with van der Waals surface area (Å²) in [6.07, 6.45) is 0.969. The maximum absolute atomic E-state index is 12.0. The van der Waals surface area contributed by atoms with Gasteiger partial charge in [0, 0.05) is 5.56 Å². The highest BCUT2D eigenvalue weighted by Crippen LogP contribution is 2.18. The van der Waals surface area contributed by atoms with Crippen LogP contribution in [0.5, 0.6) is 5.88 Å². The SMILES string of the molecule is CCOC(=O)c1ncnc(OC(F)F)c1C. The van der Waals surface area contributed by atoms with Crippen LogP contribution in [0.3, 0.4) is 0 Å². The quantitative estimate of drug-likeness (QED) is 0.737. The number of nitrogens with zero attached hydrogens (tertiary/aromatic N) is 2. The molecule has 0 N–H and O–H groups in total. The summed E-state index contributed by atoms with van der Waals surface area (Å²) in [5.41, 5.74) is 0.0498. The van der Waals surface area contributed by atoms with Crippen molar-refractivity contribution in [3.05, 3.63) is 17.6 Å². The Morgan fingerprint density at radius 2 is 2.19 bits per heavy atom. The van der Waals surface area contributed by atoms with E-state index >= 15 is 0 Å². The van der Waals surface area contributed by atoms with E-state index in [-0.39, 0.29) is 23.7 Å². The standard InChI is InChI=1S/C9H10F2N2O3/c1-3-15-8(14)6-5(2)7(13-4-12-6)16-9(10)11/h4,9H,3H2,1-2H3. The first-order valence-corrected chi connectivity index (χ1v) is 4.49. The molecule has 1 aromatic heterocycles. The zero-order valence-corrected chi connectivity index (χ0v) is 8.74. The lowest BCUT2D eigenvalue weighted by Crippen LogP contribution is -2.13. The fraction of sp³-hybridized carbons (Fsp3) is 0.444. The molecule has 88 valence electrons. The highest BCUT2D eigenvalue weighted by atomic mass is 19.3. The van der Waals surface area contributed by atoms with Crippen LogP contribution in [0.25, 0.3) is 0 Å². The first-order valence-electron chi connectivity index (χ1n) is 4.49. The third-order valence-electron chi connectivity index (χ3n) is 1.71. The summed E-state index contributed by atoms with van der Waals surface area (Å²) in [6, 6.07) is 0. The van der Waals surface area contributed by atoms with Gasteiger partial charge in [-0.3, -0.25) is 0 Å². The van der Waals surface area contributed by atoms with Crippen LogP contribution in [0.15, 0.2) is 6.33 Å². The normalized spacial score (nSPS) is 10.3. The Bertz CT molecular complexity index is 385. The Morgan fingerprint density at radius 1 is 1.50 bits per heavy atom. The van der Waals surface area contributed by atoms with Gasteiger partial charge in [0.25, 0.3) is 0 Å². The lowest BCUT2D eigenvalue weighted by atomic mass is 10.2. The molecule has 1 aromatic rings. The monoisotopic (exact) mass is 232 g/mol. The molecule has 0 saturated carbocycles. The predicted octanol–water partition coefficient (Wildman–Crippen LogP) is 1.56. The van der Waals surface area contributed by atoms with Crippen LogP contribution in [-0.4, -0.2) is 29.2 Å². The van der Waals surface area contributed by atoms with Crippen molar-refractivity contribution in [2.75, 3.05) is 6.61 Å². The lowest BCUT2D eigenvalue weighted by Gasteiger charge is -2.08. The summed E-state index contributed by atoms with van der Waals surface area (Å²) >= 11 is 0. The summed E-state index contributed by atoms with van der Waals surface area (Å²) in [5.74, 6) is -1.02. The number of esters is 1. The minimum Gasteiger partial charge on any atom is -0.461 e. The summed E-state index contributed by atoms with van der Waals surface area (Å²) in [6.45, 7) is 0.214. The molecule has 0 radical (unpaired) electrons. The van der Waals surface area contributed by atoms with Crippen molar-refractivity contribution in [1.82, 2.24) is 9.97 Å². The first-order chi connectivity index (χ1) is 7.56. The molecule has 0 atom stereocenters. The van der Waals surface area contributed by atoms with E-state index in [1.54, 1.807) is 6.92 Å². The lowest BCUT2D eigenvalue weighted by molar-refractivity contribution is -0.0535. The topological polar surface area (TPSA) is 61.3 Å². The molecule has 0 amide bonds. The van der Waals surface area contributed by atoms with Gasteiger partial charge >= 0.3 is 12.6 Å². The Kier molecular flexibility index (Phi) is 4.10. The van der Waals surface area contributed by atoms with Crippen LogP contribution in [0.2, 0.25) is 0 Å². The number of carbonyl (C=O) groups is 1. The molecule has 0 fully saturated rings. The van der Waals surface area contributed by atoms with E-state index in [1.807, 2.05) is 0 Å². The number of hydrogen-bond donors (Lipinski definition) is 0. The van der Waals surface area contributed by atoms with Gasteiger partial charge in [0.15, 0.2) is 5.69 Å². The molecular formula is C9H10F2N2O3. The average Bonchev–Trinajstić information content (AvgIpc) is 2.21. The number of halogens is 2. The molecule has 5 nitrogen and oxygen atoms in total. The molecule has 0 aliphatic carbocycles. The minimum absolute atomic E-state index is 0.0764. The number of rotatable bonds is 4. The van der Waals surface area contributed by atoms with Gasteiger partial charge in [-0.05, 0) is 13.8 Å². The van der Waals surface area contributed by atoms with E-state index in [4.69, 9.17) is 4.74 Å². The highest BCUT2D eigenvalue weighted by Gasteiger charge is 2.18. The van der Waals surface area contributed by atoms with Gasteiger partial charge in [0.2, 0.25) is 5.88 Å². The highest BCUT2D eigenvalue weighted by molar-refractivity contribution is 5.89. The van der Waals surface area contributed by atoms with E-state index in [0.717, 1.165) is 6.33 Å². The van der Waals surface area contributed by atoms with Crippen LogP contribution in [0.1, 0.15) is 23.0 Å². The van der Waals surface area contributed by atoms with E-state index < -0.39 is 12.6 Å². The van der Waals surface area contributed by atoms with E-state index in [9.17, 15) is 13.6 Å². The molecule has 0 spiro atoms. The van der Waals surface area contributed by atoms with Gasteiger partial charge < -0.3 is 9.47 Å². The number of aromatic nitrogens is 2. The van der Waals surface area contributed by atoms with Crippen LogP contribution < -0.4 is 4.74 Å². The fourth-order valence-electron chi connectivity index (χ4n) is 1.04. The number of alkyl halides is 2. The summed E-state index contributed by atoms with van der Waals surface area (Å²) in [7, 11) is 0. The van der Waals surface area contributed by atoms with Crippen molar-refractivity contribution >= 4 is 5.97 Å². The van der Waals surface area contributed by atoms with E-state index in [1.165, 1.54) is 6.92 Å². The van der Waals surface area contributed by atoms with Gasteiger partial charge in [0.1, 0.15) is 6.33 Å². The maximum atomic E-state index is 12.0. The summed E-state index contributed by atoms with van der Waals surface area (Å²) in [5, 5.41) is 0.